The van der Waals surface area contributed by atoms with Crippen LogP contribution in [0.5, 0.6) is 11.5 Å². The van der Waals surface area contributed by atoms with Crippen LogP contribution in [0.1, 0.15) is 41.5 Å². The largest absolute Gasteiger partial charge is 0.543 e. The van der Waals surface area contributed by atoms with E-state index in [9.17, 15) is 34.8 Å². The van der Waals surface area contributed by atoms with Gasteiger partial charge in [-0.1, -0.05) is 41.5 Å². The Balaban J connectivity index is 2.86. The van der Waals surface area contributed by atoms with Gasteiger partial charge < -0.3 is 8.61 Å². The number of hydrogen-bond donors (Lipinski definition) is 0. The van der Waals surface area contributed by atoms with Crippen molar-refractivity contribution in [3.05, 3.63) is 35.7 Å². The van der Waals surface area contributed by atoms with Crippen LogP contribution in [0.2, 0.25) is 16.6 Å². The maximum Gasteiger partial charge on any atom is 0.534 e. The number of fused-ring (bicyclic) bond motifs is 1. The molecule has 0 spiro atoms. The van der Waals surface area contributed by atoms with Gasteiger partial charge in [-0.2, -0.15) is 21.6 Å². The summed E-state index contributed by atoms with van der Waals surface area (Å²) in [5.41, 5.74) is -5.85. The normalized spacial score (nSPS) is 13.5. The van der Waals surface area contributed by atoms with Crippen LogP contribution in [0.15, 0.2) is 18.2 Å². The summed E-state index contributed by atoms with van der Waals surface area (Å²) in [6.45, 7) is 11.5. The molecule has 0 radical (unpaired) electrons. The molecule has 0 amide bonds. The third-order valence-electron chi connectivity index (χ3n) is 5.50. The van der Waals surface area contributed by atoms with Crippen molar-refractivity contribution in [3.8, 4) is 11.5 Å². The molecule has 0 saturated carbocycles. The van der Waals surface area contributed by atoms with Gasteiger partial charge in [-0.05, 0) is 22.7 Å². The Morgan fingerprint density at radius 3 is 1.78 bits per heavy atom. The Kier molecular flexibility index (Phi) is 7.21. The highest BCUT2D eigenvalue weighted by atomic mass is 32.2. The number of hydrogen-bond acceptors (Lipinski definition) is 4. The minimum atomic E-state index is -6.25. The highest BCUT2D eigenvalue weighted by Crippen LogP contribution is 2.45. The summed E-state index contributed by atoms with van der Waals surface area (Å²) in [5.74, 6) is -6.19. The fraction of sp³-hybridized carbons (Fsp3) is 0.500. The molecule has 0 fully saturated rings. The Morgan fingerprint density at radius 2 is 1.34 bits per heavy atom. The van der Waals surface area contributed by atoms with Gasteiger partial charge in [0, 0.05) is 17.5 Å². The molecule has 0 unspecified atom stereocenters. The second-order valence-electron chi connectivity index (χ2n) is 8.40. The molecule has 0 heterocycles. The highest BCUT2D eigenvalue weighted by Gasteiger charge is 2.50. The predicted molar refractivity (Wildman–Crippen MR) is 111 cm³/mol. The lowest BCUT2D eigenvalue weighted by Crippen LogP contribution is -2.50. The van der Waals surface area contributed by atoms with E-state index in [1.807, 2.05) is 41.5 Å². The zero-order chi connectivity index (χ0) is 24.8. The maximum atomic E-state index is 14.5. The van der Waals surface area contributed by atoms with E-state index < -0.39 is 57.9 Å². The van der Waals surface area contributed by atoms with Crippen molar-refractivity contribution in [2.45, 2.75) is 63.7 Å². The Bertz CT molecular complexity index is 1090. The van der Waals surface area contributed by atoms with E-state index in [1.165, 1.54) is 0 Å². The summed E-state index contributed by atoms with van der Waals surface area (Å²) in [6, 6.07) is 1.94. The third-order valence-corrected chi connectivity index (χ3v) is 12.5. The van der Waals surface area contributed by atoms with Crippen LogP contribution < -0.4 is 8.61 Å². The molecular weight excluding hydrogens is 478 g/mol. The van der Waals surface area contributed by atoms with Crippen LogP contribution in [0, 0.1) is 17.5 Å². The minimum Gasteiger partial charge on any atom is -0.543 e. The minimum absolute atomic E-state index is 0.00345. The van der Waals surface area contributed by atoms with Gasteiger partial charge in [-0.25, -0.2) is 13.2 Å². The first-order valence-electron chi connectivity index (χ1n) is 9.76. The standard InChI is InChI=1S/C20H24F6O4SSi/c1-10(2)32(11(3)4,12(5)6)30-13-7-14-15(21)9-16(22)19(23)18(14)17(8-13)29-31(27,28)20(24,25)26/h7-12H,1-6H3. The Hall–Kier alpha value is -1.95. The first-order chi connectivity index (χ1) is 14.5. The summed E-state index contributed by atoms with van der Waals surface area (Å²) >= 11 is 0. The Morgan fingerprint density at radius 1 is 0.844 bits per heavy atom. The first-order valence-corrected chi connectivity index (χ1v) is 13.3. The van der Waals surface area contributed by atoms with Crippen molar-refractivity contribution in [2.24, 2.45) is 0 Å². The molecule has 0 atom stereocenters. The van der Waals surface area contributed by atoms with E-state index in [0.29, 0.717) is 0 Å². The second kappa shape index (κ2) is 8.77. The Labute approximate surface area is 183 Å². The van der Waals surface area contributed by atoms with E-state index in [0.717, 1.165) is 12.1 Å². The van der Waals surface area contributed by atoms with E-state index in [-0.39, 0.29) is 28.4 Å². The lowest BCUT2D eigenvalue weighted by Gasteiger charge is -2.42. The van der Waals surface area contributed by atoms with E-state index >= 15 is 0 Å². The van der Waals surface area contributed by atoms with E-state index in [4.69, 9.17) is 4.43 Å². The average molecular weight is 503 g/mol. The average Bonchev–Trinajstić information content (AvgIpc) is 2.61. The summed E-state index contributed by atoms with van der Waals surface area (Å²) in [6.07, 6.45) is 0. The van der Waals surface area contributed by atoms with Gasteiger partial charge in [0.2, 0.25) is 0 Å². The zero-order valence-electron chi connectivity index (χ0n) is 18.3. The lowest BCUT2D eigenvalue weighted by atomic mass is 10.1. The molecule has 2 rings (SSSR count). The quantitative estimate of drug-likeness (QED) is 0.134. The molecule has 0 saturated heterocycles. The van der Waals surface area contributed by atoms with Gasteiger partial charge >= 0.3 is 15.6 Å². The molecule has 12 heteroatoms. The van der Waals surface area contributed by atoms with Crippen LogP contribution in [-0.2, 0) is 10.1 Å². The molecule has 180 valence electrons. The molecule has 0 N–H and O–H groups in total. The molecule has 0 aliphatic heterocycles. The summed E-state index contributed by atoms with van der Waals surface area (Å²) in [4.78, 5) is 0. The van der Waals surface area contributed by atoms with Gasteiger partial charge in [0.15, 0.2) is 17.4 Å². The fourth-order valence-electron chi connectivity index (χ4n) is 4.22. The van der Waals surface area contributed by atoms with Crippen molar-refractivity contribution >= 4 is 29.2 Å². The van der Waals surface area contributed by atoms with Crippen molar-refractivity contribution in [2.75, 3.05) is 0 Å². The SMILES string of the molecule is CC(C)[Si](Oc1cc(OS(=O)(=O)C(F)(F)F)c2c(F)c(F)cc(F)c2c1)(C(C)C)C(C)C. The van der Waals surface area contributed by atoms with Crippen LogP contribution in [-0.4, -0.2) is 22.2 Å². The number of rotatable bonds is 7. The number of alkyl halides is 3. The van der Waals surface area contributed by atoms with Gasteiger partial charge in [-0.15, -0.1) is 0 Å². The van der Waals surface area contributed by atoms with Gasteiger partial charge in [0.1, 0.15) is 11.6 Å². The van der Waals surface area contributed by atoms with E-state index in [1.54, 1.807) is 0 Å². The monoisotopic (exact) mass is 502 g/mol. The predicted octanol–water partition coefficient (Wildman–Crippen LogP) is 7.04. The summed E-state index contributed by atoms with van der Waals surface area (Å²) < 4.78 is 115. The zero-order valence-corrected chi connectivity index (χ0v) is 20.1. The first kappa shape index (κ1) is 26.3. The van der Waals surface area contributed by atoms with Crippen LogP contribution >= 0.6 is 0 Å². The number of halogens is 6. The molecule has 32 heavy (non-hydrogen) atoms. The van der Waals surface area contributed by atoms with Crippen molar-refractivity contribution in [3.63, 3.8) is 0 Å². The van der Waals surface area contributed by atoms with Gasteiger partial charge in [-0.3, -0.25) is 0 Å². The van der Waals surface area contributed by atoms with Crippen LogP contribution in [0.3, 0.4) is 0 Å². The molecule has 2 aromatic carbocycles. The topological polar surface area (TPSA) is 52.6 Å². The lowest BCUT2D eigenvalue weighted by molar-refractivity contribution is -0.0499. The molecule has 0 aromatic heterocycles. The maximum absolute atomic E-state index is 14.5. The van der Waals surface area contributed by atoms with Crippen molar-refractivity contribution in [1.82, 2.24) is 0 Å². The van der Waals surface area contributed by atoms with Crippen molar-refractivity contribution < 1.29 is 43.4 Å². The second-order valence-corrected chi connectivity index (χ2v) is 15.3. The van der Waals surface area contributed by atoms with E-state index in [2.05, 4.69) is 4.18 Å². The number of benzene rings is 2. The molecule has 0 bridgehead atoms. The van der Waals surface area contributed by atoms with Crippen LogP contribution in [0.25, 0.3) is 10.8 Å². The fourth-order valence-corrected chi connectivity index (χ4v) is 9.92. The van der Waals surface area contributed by atoms with Gasteiger partial charge in [0.25, 0.3) is 8.32 Å². The molecule has 0 aliphatic carbocycles. The summed E-state index contributed by atoms with van der Waals surface area (Å²) in [7, 11) is -8.98. The molecular formula is C20H24F6O4SSi. The third kappa shape index (κ3) is 4.56. The van der Waals surface area contributed by atoms with Crippen LogP contribution in [0.4, 0.5) is 26.3 Å². The summed E-state index contributed by atoms with van der Waals surface area (Å²) in [5, 5.41) is -1.75. The molecule has 2 aromatic rings. The molecule has 4 nitrogen and oxygen atoms in total. The molecule has 0 aliphatic rings. The highest BCUT2D eigenvalue weighted by molar-refractivity contribution is 7.88. The smallest absolute Gasteiger partial charge is 0.534 e. The van der Waals surface area contributed by atoms with Gasteiger partial charge in [0.05, 0.1) is 5.39 Å². The van der Waals surface area contributed by atoms with Crippen molar-refractivity contribution in [1.29, 1.82) is 0 Å².